The Morgan fingerprint density at radius 1 is 1.03 bits per heavy atom. The maximum Gasteiger partial charge on any atom is 0.343 e. The third kappa shape index (κ3) is 4.43. The Morgan fingerprint density at radius 2 is 1.66 bits per heavy atom. The van der Waals surface area contributed by atoms with E-state index in [0.717, 1.165) is 11.4 Å². The number of carbonyl (C=O) groups is 1. The summed E-state index contributed by atoms with van der Waals surface area (Å²) >= 11 is 0. The Balaban J connectivity index is 1.83. The molecule has 0 radical (unpaired) electrons. The van der Waals surface area contributed by atoms with Gasteiger partial charge in [-0.25, -0.2) is 14.7 Å². The molecule has 0 saturated carbocycles. The van der Waals surface area contributed by atoms with Gasteiger partial charge in [-0.15, -0.1) is 10.2 Å². The number of hydrogen-bond donors (Lipinski definition) is 2. The zero-order chi connectivity index (χ0) is 21.0. The van der Waals surface area contributed by atoms with Crippen molar-refractivity contribution in [1.29, 1.82) is 0 Å². The first kappa shape index (κ1) is 20.1. The molecule has 1 heterocycles. The molecule has 2 N–H and O–H groups in total. The van der Waals surface area contributed by atoms with Gasteiger partial charge in [0.05, 0.1) is 7.11 Å². The third-order valence-electron chi connectivity index (χ3n) is 4.33. The van der Waals surface area contributed by atoms with Crippen LogP contribution in [0.15, 0.2) is 48.5 Å². The first-order valence-corrected chi connectivity index (χ1v) is 8.73. The van der Waals surface area contributed by atoms with E-state index in [9.17, 15) is 9.18 Å². The topological polar surface area (TPSA) is 87.6 Å². The fraction of sp³-hybridized carbons (Fsp3) is 0.211. The van der Waals surface area contributed by atoms with Crippen LogP contribution in [0.25, 0.3) is 0 Å². The third-order valence-corrected chi connectivity index (χ3v) is 4.33. The first-order chi connectivity index (χ1) is 13.9. The first-order valence-electron chi connectivity index (χ1n) is 8.73. The molecule has 3 aromatic rings. The fourth-order valence-electron chi connectivity index (χ4n) is 2.83. The number of nitrogens with zero attached hydrogens (tertiary/aromatic N) is 5. The lowest BCUT2D eigenvalue weighted by atomic mass is 10.2. The molecule has 1 aromatic heterocycles. The van der Waals surface area contributed by atoms with E-state index in [1.807, 2.05) is 47.6 Å². The SMILES string of the molecule is CONC(=O)Nc1cccc(N(C)c2nnc(N(C)c3ccc(F)cc3)n2C)c1. The normalized spacial score (nSPS) is 10.5. The molecule has 0 atom stereocenters. The number of halogens is 1. The second-order valence-electron chi connectivity index (χ2n) is 6.26. The highest BCUT2D eigenvalue weighted by atomic mass is 19.1. The number of nitrogens with one attached hydrogen (secondary N) is 2. The minimum Gasteiger partial charge on any atom is -0.314 e. The molecule has 0 aliphatic carbocycles. The minimum atomic E-state index is -0.478. The summed E-state index contributed by atoms with van der Waals surface area (Å²) in [6, 6.07) is 12.9. The van der Waals surface area contributed by atoms with Crippen LogP contribution in [-0.4, -0.2) is 42.0 Å². The number of carbonyl (C=O) groups excluding carboxylic acids is 1. The zero-order valence-corrected chi connectivity index (χ0v) is 16.5. The van der Waals surface area contributed by atoms with Crippen molar-refractivity contribution < 1.29 is 14.0 Å². The minimum absolute atomic E-state index is 0.298. The number of hydrogen-bond acceptors (Lipinski definition) is 6. The molecule has 10 heteroatoms. The van der Waals surface area contributed by atoms with Crippen molar-refractivity contribution in [3.05, 3.63) is 54.3 Å². The van der Waals surface area contributed by atoms with Crippen LogP contribution < -0.4 is 20.6 Å². The van der Waals surface area contributed by atoms with Crippen molar-refractivity contribution in [2.24, 2.45) is 7.05 Å². The van der Waals surface area contributed by atoms with Gasteiger partial charge in [0.25, 0.3) is 0 Å². The van der Waals surface area contributed by atoms with E-state index in [2.05, 4.69) is 25.8 Å². The molecule has 2 amide bonds. The van der Waals surface area contributed by atoms with Crippen LogP contribution in [0.5, 0.6) is 0 Å². The number of rotatable bonds is 6. The lowest BCUT2D eigenvalue weighted by molar-refractivity contribution is 0.114. The van der Waals surface area contributed by atoms with Crippen LogP contribution in [-0.2, 0) is 11.9 Å². The molecule has 0 unspecified atom stereocenters. The van der Waals surface area contributed by atoms with Crippen molar-refractivity contribution in [1.82, 2.24) is 20.2 Å². The summed E-state index contributed by atoms with van der Waals surface area (Å²) in [6.07, 6.45) is 0. The van der Waals surface area contributed by atoms with Crippen LogP contribution >= 0.6 is 0 Å². The smallest absolute Gasteiger partial charge is 0.314 e. The van der Waals surface area contributed by atoms with Gasteiger partial charge >= 0.3 is 6.03 Å². The number of hydroxylamine groups is 1. The van der Waals surface area contributed by atoms with Gasteiger partial charge in [0.1, 0.15) is 5.82 Å². The molecule has 2 aromatic carbocycles. The van der Waals surface area contributed by atoms with Crippen molar-refractivity contribution in [3.8, 4) is 0 Å². The lowest BCUT2D eigenvalue weighted by Gasteiger charge is -2.21. The van der Waals surface area contributed by atoms with Gasteiger partial charge in [-0.3, -0.25) is 9.40 Å². The van der Waals surface area contributed by atoms with E-state index in [1.54, 1.807) is 24.3 Å². The Hall–Kier alpha value is -3.66. The van der Waals surface area contributed by atoms with Gasteiger partial charge in [0.2, 0.25) is 11.9 Å². The van der Waals surface area contributed by atoms with E-state index in [-0.39, 0.29) is 5.82 Å². The molecule has 0 fully saturated rings. The van der Waals surface area contributed by atoms with Gasteiger partial charge in [0.15, 0.2) is 0 Å². The number of anilines is 5. The average molecular weight is 399 g/mol. The quantitative estimate of drug-likeness (QED) is 0.619. The van der Waals surface area contributed by atoms with Gasteiger partial charge in [-0.05, 0) is 42.5 Å². The Bertz CT molecular complexity index is 990. The van der Waals surface area contributed by atoms with Crippen LogP contribution in [0.1, 0.15) is 0 Å². The molecule has 0 spiro atoms. The second-order valence-corrected chi connectivity index (χ2v) is 6.26. The molecule has 0 bridgehead atoms. The maximum atomic E-state index is 13.2. The van der Waals surface area contributed by atoms with Crippen LogP contribution in [0.2, 0.25) is 0 Å². The molecule has 0 aliphatic rings. The van der Waals surface area contributed by atoms with Crippen molar-refractivity contribution >= 4 is 35.0 Å². The van der Waals surface area contributed by atoms with E-state index < -0.39 is 6.03 Å². The Kier molecular flexibility index (Phi) is 5.93. The molecule has 0 saturated heterocycles. The largest absolute Gasteiger partial charge is 0.343 e. The zero-order valence-electron chi connectivity index (χ0n) is 16.5. The van der Waals surface area contributed by atoms with Gasteiger partial charge in [-0.1, -0.05) is 6.07 Å². The molecule has 29 heavy (non-hydrogen) atoms. The molecule has 9 nitrogen and oxygen atoms in total. The van der Waals surface area contributed by atoms with Crippen LogP contribution in [0.4, 0.5) is 38.1 Å². The maximum absolute atomic E-state index is 13.2. The molecular weight excluding hydrogens is 377 g/mol. The van der Waals surface area contributed by atoms with E-state index >= 15 is 0 Å². The standard InChI is InChI=1S/C19H22FN7O2/c1-25(15-10-8-13(20)9-11-15)18-22-23-19(27(18)3)26(2)16-7-5-6-14(12-16)21-17(28)24-29-4/h5-12H,1-4H3,(H2,21,24,28). The Labute approximate surface area is 167 Å². The van der Waals surface area contributed by atoms with Gasteiger partial charge < -0.3 is 15.1 Å². The van der Waals surface area contributed by atoms with Gasteiger partial charge in [0, 0.05) is 38.2 Å². The fourth-order valence-corrected chi connectivity index (χ4v) is 2.83. The molecule has 0 aliphatic heterocycles. The highest BCUT2D eigenvalue weighted by molar-refractivity contribution is 5.89. The van der Waals surface area contributed by atoms with Crippen molar-refractivity contribution in [3.63, 3.8) is 0 Å². The predicted octanol–water partition coefficient (Wildman–Crippen LogP) is 3.17. The summed E-state index contributed by atoms with van der Waals surface area (Å²) in [5.41, 5.74) is 4.37. The highest BCUT2D eigenvalue weighted by Gasteiger charge is 2.18. The number of benzene rings is 2. The second kappa shape index (κ2) is 8.57. The molecule has 3 rings (SSSR count). The molecule has 152 valence electrons. The number of amides is 2. The van der Waals surface area contributed by atoms with Crippen LogP contribution in [0.3, 0.4) is 0 Å². The molecular formula is C19H22FN7O2. The average Bonchev–Trinajstić information content (AvgIpc) is 3.09. The van der Waals surface area contributed by atoms with E-state index in [4.69, 9.17) is 0 Å². The summed E-state index contributed by atoms with van der Waals surface area (Å²) < 4.78 is 15.0. The number of urea groups is 1. The van der Waals surface area contributed by atoms with Gasteiger partial charge in [-0.2, -0.15) is 0 Å². The highest BCUT2D eigenvalue weighted by Crippen LogP contribution is 2.28. The summed E-state index contributed by atoms with van der Waals surface area (Å²) in [4.78, 5) is 19.9. The summed E-state index contributed by atoms with van der Waals surface area (Å²) in [5, 5.41) is 11.2. The van der Waals surface area contributed by atoms with Crippen LogP contribution in [0, 0.1) is 5.82 Å². The number of aromatic nitrogens is 3. The van der Waals surface area contributed by atoms with Crippen molar-refractivity contribution in [2.45, 2.75) is 0 Å². The lowest BCUT2D eigenvalue weighted by Crippen LogP contribution is -2.27. The predicted molar refractivity (Wildman–Crippen MR) is 109 cm³/mol. The summed E-state index contributed by atoms with van der Waals surface area (Å²) in [7, 11) is 6.88. The monoisotopic (exact) mass is 399 g/mol. The van der Waals surface area contributed by atoms with Crippen molar-refractivity contribution in [2.75, 3.05) is 36.3 Å². The van der Waals surface area contributed by atoms with E-state index in [1.165, 1.54) is 19.2 Å². The summed E-state index contributed by atoms with van der Waals surface area (Å²) in [5.74, 6) is 0.882. The summed E-state index contributed by atoms with van der Waals surface area (Å²) in [6.45, 7) is 0. The van der Waals surface area contributed by atoms with E-state index in [0.29, 0.717) is 17.6 Å². The Morgan fingerprint density at radius 3 is 2.28 bits per heavy atom.